The smallest absolute Gasteiger partial charge is 0.130 e. The Bertz CT molecular complexity index is 233. The highest BCUT2D eigenvalue weighted by Gasteiger charge is 2.15. The van der Waals surface area contributed by atoms with E-state index in [0.29, 0.717) is 0 Å². The third-order valence-electron chi connectivity index (χ3n) is 2.13. The van der Waals surface area contributed by atoms with Crippen molar-refractivity contribution in [2.45, 2.75) is 40.5 Å². The minimum Gasteiger partial charge on any atom is -0.356 e. The van der Waals surface area contributed by atoms with Crippen LogP contribution in [0.5, 0.6) is 0 Å². The number of amidine groups is 1. The predicted molar refractivity (Wildman–Crippen MR) is 69.2 cm³/mol. The number of aliphatic imine (C=N–C) groups is 1. The molecule has 0 bridgehead atoms. The summed E-state index contributed by atoms with van der Waals surface area (Å²) in [7, 11) is 0. The first-order valence-electron chi connectivity index (χ1n) is 5.85. The van der Waals surface area contributed by atoms with Gasteiger partial charge in [0.15, 0.2) is 0 Å². The third kappa shape index (κ3) is 4.82. The fourth-order valence-corrected chi connectivity index (χ4v) is 1.54. The van der Waals surface area contributed by atoms with Crippen molar-refractivity contribution >= 4 is 5.84 Å². The zero-order valence-corrected chi connectivity index (χ0v) is 10.6. The Morgan fingerprint density at radius 1 is 1.27 bits per heavy atom. The van der Waals surface area contributed by atoms with Crippen molar-refractivity contribution in [1.29, 1.82) is 0 Å². The van der Waals surface area contributed by atoms with Crippen LogP contribution in [-0.2, 0) is 0 Å². The van der Waals surface area contributed by atoms with Gasteiger partial charge in [0.2, 0.25) is 0 Å². The van der Waals surface area contributed by atoms with Crippen LogP contribution in [0.1, 0.15) is 40.5 Å². The number of hydrogen-bond acceptors (Lipinski definition) is 1. The average molecular weight is 208 g/mol. The summed E-state index contributed by atoms with van der Waals surface area (Å²) >= 11 is 0. The van der Waals surface area contributed by atoms with Crippen LogP contribution in [-0.4, -0.2) is 23.8 Å². The van der Waals surface area contributed by atoms with E-state index in [2.05, 4.69) is 16.5 Å². The van der Waals surface area contributed by atoms with Crippen LogP contribution in [0, 0.1) is 0 Å². The van der Waals surface area contributed by atoms with E-state index in [9.17, 15) is 0 Å². The molecule has 1 aliphatic rings. The van der Waals surface area contributed by atoms with E-state index in [4.69, 9.17) is 0 Å². The lowest BCUT2D eigenvalue weighted by Crippen LogP contribution is -2.28. The molecular formula is C13H24N2. The highest BCUT2D eigenvalue weighted by Crippen LogP contribution is 2.12. The predicted octanol–water partition coefficient (Wildman–Crippen LogP) is 3.62. The van der Waals surface area contributed by atoms with Crippen molar-refractivity contribution in [2.24, 2.45) is 4.99 Å². The highest BCUT2D eigenvalue weighted by atomic mass is 15.2. The molecule has 0 atom stereocenters. The Balaban J connectivity index is 0.000000921. The Labute approximate surface area is 94.4 Å². The Morgan fingerprint density at radius 2 is 1.80 bits per heavy atom. The SMILES string of the molecule is C=C(C)C(=N/C=C\C)N1CCCC1.CC. The first kappa shape index (κ1) is 13.9. The first-order valence-corrected chi connectivity index (χ1v) is 5.85. The van der Waals surface area contributed by atoms with Crippen LogP contribution < -0.4 is 0 Å². The highest BCUT2D eigenvalue weighted by molar-refractivity contribution is 5.97. The molecule has 2 heteroatoms. The first-order chi connectivity index (χ1) is 7.25. The van der Waals surface area contributed by atoms with Crippen molar-refractivity contribution in [3.8, 4) is 0 Å². The van der Waals surface area contributed by atoms with Gasteiger partial charge in [-0.15, -0.1) is 0 Å². The van der Waals surface area contributed by atoms with Crippen LogP contribution in [0.3, 0.4) is 0 Å². The molecule has 0 unspecified atom stereocenters. The van der Waals surface area contributed by atoms with E-state index in [1.807, 2.05) is 40.0 Å². The topological polar surface area (TPSA) is 15.6 Å². The molecule has 0 aliphatic carbocycles. The summed E-state index contributed by atoms with van der Waals surface area (Å²) in [5.41, 5.74) is 1.06. The molecule has 0 N–H and O–H groups in total. The molecule has 1 rings (SSSR count). The van der Waals surface area contributed by atoms with E-state index in [-0.39, 0.29) is 0 Å². The Morgan fingerprint density at radius 3 is 2.20 bits per heavy atom. The van der Waals surface area contributed by atoms with E-state index in [1.54, 1.807) is 0 Å². The third-order valence-corrected chi connectivity index (χ3v) is 2.13. The molecule has 0 aromatic rings. The van der Waals surface area contributed by atoms with Gasteiger partial charge in [-0.3, -0.25) is 0 Å². The maximum atomic E-state index is 4.39. The summed E-state index contributed by atoms with van der Waals surface area (Å²) in [6.07, 6.45) is 6.34. The maximum Gasteiger partial charge on any atom is 0.130 e. The van der Waals surface area contributed by atoms with Gasteiger partial charge in [0, 0.05) is 19.3 Å². The summed E-state index contributed by atoms with van der Waals surface area (Å²) < 4.78 is 0. The molecule has 1 heterocycles. The monoisotopic (exact) mass is 208 g/mol. The van der Waals surface area contributed by atoms with Gasteiger partial charge in [0.25, 0.3) is 0 Å². The van der Waals surface area contributed by atoms with Crippen LogP contribution in [0.25, 0.3) is 0 Å². The zero-order chi connectivity index (χ0) is 11.7. The van der Waals surface area contributed by atoms with Gasteiger partial charge in [-0.1, -0.05) is 26.5 Å². The summed E-state index contributed by atoms with van der Waals surface area (Å²) in [4.78, 5) is 6.69. The maximum absolute atomic E-state index is 4.39. The fraction of sp³-hybridized carbons (Fsp3) is 0.615. The van der Waals surface area contributed by atoms with Crippen LogP contribution >= 0.6 is 0 Å². The number of likely N-dealkylation sites (tertiary alicyclic amines) is 1. The zero-order valence-electron chi connectivity index (χ0n) is 10.6. The summed E-state index contributed by atoms with van der Waals surface area (Å²) in [6.45, 7) is 14.2. The molecule has 1 fully saturated rings. The summed E-state index contributed by atoms with van der Waals surface area (Å²) in [5.74, 6) is 1.05. The molecule has 15 heavy (non-hydrogen) atoms. The average Bonchev–Trinajstić information content (AvgIpc) is 2.74. The van der Waals surface area contributed by atoms with Gasteiger partial charge in [0.1, 0.15) is 5.84 Å². The van der Waals surface area contributed by atoms with Crippen LogP contribution in [0.15, 0.2) is 29.4 Å². The number of allylic oxidation sites excluding steroid dienone is 1. The van der Waals surface area contributed by atoms with E-state index < -0.39 is 0 Å². The van der Waals surface area contributed by atoms with Gasteiger partial charge in [0.05, 0.1) is 0 Å². The van der Waals surface area contributed by atoms with E-state index in [1.165, 1.54) is 12.8 Å². The minimum absolute atomic E-state index is 1.05. The molecule has 2 nitrogen and oxygen atoms in total. The fourth-order valence-electron chi connectivity index (χ4n) is 1.54. The van der Waals surface area contributed by atoms with Gasteiger partial charge in [-0.2, -0.15) is 0 Å². The van der Waals surface area contributed by atoms with E-state index >= 15 is 0 Å². The van der Waals surface area contributed by atoms with Crippen LogP contribution in [0.4, 0.5) is 0 Å². The van der Waals surface area contributed by atoms with E-state index in [0.717, 1.165) is 24.5 Å². The van der Waals surface area contributed by atoms with Gasteiger partial charge in [-0.05, 0) is 32.3 Å². The number of hydrogen-bond donors (Lipinski definition) is 0. The quantitative estimate of drug-likeness (QED) is 0.500. The molecule has 0 radical (unpaired) electrons. The molecule has 0 spiro atoms. The van der Waals surface area contributed by atoms with Crippen molar-refractivity contribution in [1.82, 2.24) is 4.90 Å². The van der Waals surface area contributed by atoms with Gasteiger partial charge >= 0.3 is 0 Å². The lowest BCUT2D eigenvalue weighted by molar-refractivity contribution is 0.519. The molecule has 0 amide bonds. The minimum atomic E-state index is 1.05. The molecule has 0 saturated carbocycles. The molecular weight excluding hydrogens is 184 g/mol. The Kier molecular flexibility index (Phi) is 7.69. The summed E-state index contributed by atoms with van der Waals surface area (Å²) in [5, 5.41) is 0. The lowest BCUT2D eigenvalue weighted by atomic mass is 10.3. The van der Waals surface area contributed by atoms with Gasteiger partial charge < -0.3 is 4.90 Å². The lowest BCUT2D eigenvalue weighted by Gasteiger charge is -2.19. The number of rotatable bonds is 2. The van der Waals surface area contributed by atoms with Crippen molar-refractivity contribution < 1.29 is 0 Å². The largest absolute Gasteiger partial charge is 0.356 e. The molecule has 0 aromatic carbocycles. The van der Waals surface area contributed by atoms with Crippen molar-refractivity contribution in [2.75, 3.05) is 13.1 Å². The van der Waals surface area contributed by atoms with Crippen molar-refractivity contribution in [3.05, 3.63) is 24.4 Å². The standard InChI is InChI=1S/C11H18N2.C2H6/c1-4-7-12-11(10(2)3)13-8-5-6-9-13;1-2/h4,7H,2,5-6,8-9H2,1,3H3;1-2H3/b7-4-,12-11?;. The normalized spacial score (nSPS) is 16.5. The second kappa shape index (κ2) is 8.27. The van der Waals surface area contributed by atoms with Gasteiger partial charge in [-0.25, -0.2) is 4.99 Å². The Hall–Kier alpha value is -1.05. The van der Waals surface area contributed by atoms with Crippen molar-refractivity contribution in [3.63, 3.8) is 0 Å². The number of nitrogens with zero attached hydrogens (tertiary/aromatic N) is 2. The molecule has 1 saturated heterocycles. The second-order valence-corrected chi connectivity index (χ2v) is 3.41. The molecule has 0 aromatic heterocycles. The second-order valence-electron chi connectivity index (χ2n) is 3.41. The van der Waals surface area contributed by atoms with Crippen LogP contribution in [0.2, 0.25) is 0 Å². The summed E-state index contributed by atoms with van der Waals surface area (Å²) in [6, 6.07) is 0. The molecule has 86 valence electrons. The molecule has 1 aliphatic heterocycles.